The van der Waals surface area contributed by atoms with Crippen molar-refractivity contribution in [2.45, 2.75) is 79.1 Å². The van der Waals surface area contributed by atoms with Gasteiger partial charge in [-0.25, -0.2) is 0 Å². The van der Waals surface area contributed by atoms with Crippen LogP contribution in [-0.2, 0) is 6.42 Å². The maximum Gasteiger partial charge on any atom is 0.119 e. The second kappa shape index (κ2) is 8.04. The van der Waals surface area contributed by atoms with Crippen LogP contribution >= 0.6 is 0 Å². The monoisotopic (exact) mass is 314 g/mol. The topological polar surface area (TPSA) is 20.2 Å². The fourth-order valence-electron chi connectivity index (χ4n) is 4.14. The van der Waals surface area contributed by atoms with Crippen molar-refractivity contribution in [1.82, 2.24) is 0 Å². The van der Waals surface area contributed by atoms with Gasteiger partial charge in [0.25, 0.3) is 0 Å². The van der Waals surface area contributed by atoms with Crippen molar-refractivity contribution >= 4 is 0 Å². The van der Waals surface area contributed by atoms with E-state index in [2.05, 4.69) is 46.8 Å². The summed E-state index contributed by atoms with van der Waals surface area (Å²) in [6.45, 7) is 11.2. The highest BCUT2D eigenvalue weighted by Gasteiger charge is 2.30. The molecule has 1 aliphatic carbocycles. The van der Waals surface area contributed by atoms with Crippen molar-refractivity contribution in [2.24, 2.45) is 11.8 Å². The molecule has 23 heavy (non-hydrogen) atoms. The molecule has 1 N–H and O–H groups in total. The Balaban J connectivity index is 2.44. The van der Waals surface area contributed by atoms with Crippen molar-refractivity contribution in [1.29, 1.82) is 0 Å². The van der Waals surface area contributed by atoms with Gasteiger partial charge in [-0.2, -0.15) is 0 Å². The number of hydrogen-bond donors (Lipinski definition) is 1. The molecule has 1 heteroatoms. The zero-order valence-corrected chi connectivity index (χ0v) is 15.7. The number of phenolic OH excluding ortho intramolecular Hbond substituents is 1. The number of phenols is 1. The first-order valence-corrected chi connectivity index (χ1v) is 9.43. The minimum Gasteiger partial charge on any atom is -0.508 e. The van der Waals surface area contributed by atoms with Gasteiger partial charge < -0.3 is 5.11 Å². The van der Waals surface area contributed by atoms with Crippen LogP contribution in [-0.4, -0.2) is 5.11 Å². The van der Waals surface area contributed by atoms with Crippen molar-refractivity contribution < 1.29 is 5.11 Å². The zero-order chi connectivity index (χ0) is 17.0. The summed E-state index contributed by atoms with van der Waals surface area (Å²) >= 11 is 0. The van der Waals surface area contributed by atoms with Crippen LogP contribution < -0.4 is 0 Å². The van der Waals surface area contributed by atoms with Crippen LogP contribution in [0.4, 0.5) is 0 Å². The molecule has 0 heterocycles. The van der Waals surface area contributed by atoms with Gasteiger partial charge in [0.2, 0.25) is 0 Å². The van der Waals surface area contributed by atoms with Crippen LogP contribution in [0.25, 0.3) is 0 Å². The van der Waals surface area contributed by atoms with Gasteiger partial charge >= 0.3 is 0 Å². The minimum absolute atomic E-state index is 0.376. The second-order valence-electron chi connectivity index (χ2n) is 7.80. The number of aryl methyl sites for hydroxylation is 2. The van der Waals surface area contributed by atoms with Gasteiger partial charge in [0.1, 0.15) is 5.75 Å². The molecule has 0 bridgehead atoms. The van der Waals surface area contributed by atoms with Gasteiger partial charge in [-0.3, -0.25) is 0 Å². The van der Waals surface area contributed by atoms with Crippen molar-refractivity contribution in [3.63, 3.8) is 0 Å². The van der Waals surface area contributed by atoms with Crippen molar-refractivity contribution in [3.05, 3.63) is 40.5 Å². The summed E-state index contributed by atoms with van der Waals surface area (Å²) in [5.74, 6) is 2.17. The first-order chi connectivity index (χ1) is 10.9. The van der Waals surface area contributed by atoms with E-state index in [0.717, 1.165) is 6.42 Å². The third-order valence-corrected chi connectivity index (χ3v) is 5.42. The van der Waals surface area contributed by atoms with E-state index < -0.39 is 0 Å². The molecule has 0 spiro atoms. The zero-order valence-electron chi connectivity index (χ0n) is 15.7. The lowest BCUT2D eigenvalue weighted by Crippen LogP contribution is -2.22. The summed E-state index contributed by atoms with van der Waals surface area (Å²) in [5, 5.41) is 10.7. The predicted molar refractivity (Wildman–Crippen MR) is 100 cm³/mol. The van der Waals surface area contributed by atoms with E-state index in [1.807, 2.05) is 6.07 Å². The maximum atomic E-state index is 10.7. The lowest BCUT2D eigenvalue weighted by Gasteiger charge is -2.34. The average molecular weight is 315 g/mol. The summed E-state index contributed by atoms with van der Waals surface area (Å²) in [7, 11) is 0. The number of allylic oxidation sites excluding steroid dienone is 2. The third kappa shape index (κ3) is 4.40. The van der Waals surface area contributed by atoms with E-state index in [4.69, 9.17) is 0 Å². The Labute approximate surface area is 142 Å². The summed E-state index contributed by atoms with van der Waals surface area (Å²) in [6, 6.07) is 4.26. The molecule has 0 radical (unpaired) electrons. The molecule has 2 rings (SSSR count). The molecule has 1 aliphatic rings. The average Bonchev–Trinajstić information content (AvgIpc) is 2.46. The quantitative estimate of drug-likeness (QED) is 0.467. The Hall–Kier alpha value is -1.24. The maximum absolute atomic E-state index is 10.7. The fraction of sp³-hybridized carbons (Fsp3) is 0.636. The molecule has 0 saturated heterocycles. The highest BCUT2D eigenvalue weighted by atomic mass is 16.3. The summed E-state index contributed by atoms with van der Waals surface area (Å²) in [4.78, 5) is 0. The molecule has 2 atom stereocenters. The molecule has 1 nitrogen and oxygen atoms in total. The van der Waals surface area contributed by atoms with Crippen LogP contribution in [0.1, 0.15) is 82.4 Å². The smallest absolute Gasteiger partial charge is 0.119 e. The number of hydrogen-bond acceptors (Lipinski definition) is 1. The molecule has 0 aromatic heterocycles. The molecule has 2 unspecified atom stereocenters. The molecule has 1 aromatic carbocycles. The Kier molecular flexibility index (Phi) is 6.33. The molecular formula is C22H34O. The van der Waals surface area contributed by atoms with Crippen LogP contribution in [0.2, 0.25) is 0 Å². The molecular weight excluding hydrogens is 280 g/mol. The molecule has 128 valence electrons. The Bertz CT molecular complexity index is 553. The standard InChI is InChI=1S/C22H34O/c1-6-7-8-9-18-12-17(5)14-21(23)22(18)20-13-16(4)10-11-19(20)15(2)3/h12-15,19-20,23H,6-11H2,1-5H3. The van der Waals surface area contributed by atoms with E-state index in [0.29, 0.717) is 23.5 Å². The van der Waals surface area contributed by atoms with E-state index in [9.17, 15) is 5.11 Å². The Morgan fingerprint density at radius 2 is 1.91 bits per heavy atom. The van der Waals surface area contributed by atoms with Gasteiger partial charge in [0, 0.05) is 11.5 Å². The third-order valence-electron chi connectivity index (χ3n) is 5.42. The van der Waals surface area contributed by atoms with Gasteiger partial charge in [-0.1, -0.05) is 51.3 Å². The predicted octanol–water partition coefficient (Wildman–Crippen LogP) is 6.53. The van der Waals surface area contributed by atoms with Gasteiger partial charge in [-0.05, 0) is 68.6 Å². The highest BCUT2D eigenvalue weighted by molar-refractivity contribution is 5.48. The first-order valence-electron chi connectivity index (χ1n) is 9.43. The molecule has 0 saturated carbocycles. The minimum atomic E-state index is 0.376. The lowest BCUT2D eigenvalue weighted by molar-refractivity contribution is 0.309. The van der Waals surface area contributed by atoms with Crippen LogP contribution in [0.5, 0.6) is 5.75 Å². The number of unbranched alkanes of at least 4 members (excludes halogenated alkanes) is 2. The molecule has 0 aliphatic heterocycles. The van der Waals surface area contributed by atoms with Gasteiger partial charge in [0.15, 0.2) is 0 Å². The fourth-order valence-corrected chi connectivity index (χ4v) is 4.14. The first kappa shape index (κ1) is 18.1. The number of aromatic hydroxyl groups is 1. The summed E-state index contributed by atoms with van der Waals surface area (Å²) < 4.78 is 0. The number of benzene rings is 1. The van der Waals surface area contributed by atoms with Crippen LogP contribution in [0.3, 0.4) is 0 Å². The summed E-state index contributed by atoms with van der Waals surface area (Å²) in [6.07, 6.45) is 9.69. The largest absolute Gasteiger partial charge is 0.508 e. The van der Waals surface area contributed by atoms with Gasteiger partial charge in [0.05, 0.1) is 0 Å². The summed E-state index contributed by atoms with van der Waals surface area (Å²) in [5.41, 5.74) is 5.24. The van der Waals surface area contributed by atoms with E-state index in [1.165, 1.54) is 54.4 Å². The van der Waals surface area contributed by atoms with E-state index >= 15 is 0 Å². The lowest BCUT2D eigenvalue weighted by atomic mass is 9.70. The SMILES string of the molecule is CCCCCc1cc(C)cc(O)c1C1C=C(C)CCC1C(C)C. The van der Waals surface area contributed by atoms with Gasteiger partial charge in [-0.15, -0.1) is 0 Å². The molecule has 1 aromatic rings. The molecule has 0 fully saturated rings. The number of rotatable bonds is 6. The second-order valence-corrected chi connectivity index (χ2v) is 7.80. The van der Waals surface area contributed by atoms with E-state index in [1.54, 1.807) is 0 Å². The molecule has 0 amide bonds. The van der Waals surface area contributed by atoms with Crippen LogP contribution in [0.15, 0.2) is 23.8 Å². The highest BCUT2D eigenvalue weighted by Crippen LogP contribution is 2.45. The normalized spacial score (nSPS) is 21.6. The van der Waals surface area contributed by atoms with Crippen molar-refractivity contribution in [3.8, 4) is 5.75 Å². The Morgan fingerprint density at radius 3 is 2.57 bits per heavy atom. The van der Waals surface area contributed by atoms with Crippen LogP contribution in [0, 0.1) is 18.8 Å². The Morgan fingerprint density at radius 1 is 1.17 bits per heavy atom. The van der Waals surface area contributed by atoms with Crippen molar-refractivity contribution in [2.75, 3.05) is 0 Å². The van der Waals surface area contributed by atoms with E-state index in [-0.39, 0.29) is 0 Å².